The van der Waals surface area contributed by atoms with Gasteiger partial charge in [0.05, 0.1) is 12.2 Å². The Morgan fingerprint density at radius 1 is 1.07 bits per heavy atom. The predicted octanol–water partition coefficient (Wildman–Crippen LogP) is 6.38. The third-order valence-electron chi connectivity index (χ3n) is 5.08. The molecular formula is C23H26BrN3OS. The molecule has 4 nitrogen and oxygen atoms in total. The van der Waals surface area contributed by atoms with Crippen LogP contribution in [0.1, 0.15) is 50.3 Å². The number of hydrogen-bond acceptors (Lipinski definition) is 4. The van der Waals surface area contributed by atoms with Crippen LogP contribution in [0.3, 0.4) is 0 Å². The van der Waals surface area contributed by atoms with Crippen molar-refractivity contribution in [2.75, 3.05) is 11.9 Å². The maximum Gasteiger partial charge on any atom is 0.240 e. The van der Waals surface area contributed by atoms with Gasteiger partial charge < -0.3 is 10.6 Å². The van der Waals surface area contributed by atoms with Crippen LogP contribution in [-0.4, -0.2) is 17.4 Å². The molecule has 0 unspecified atom stereocenters. The standard InChI is InChI=1S/C23H26BrN3OS/c1-4-15(2)17-5-7-18(8-6-17)16(3)25-13-22(28)27-23-26-21(14-29-23)19-9-11-20(24)12-10-19/h5-12,14-16,25H,4,13H2,1-3H3,(H,26,27,28)/t15-,16-/m0/s1. The van der Waals surface area contributed by atoms with Gasteiger partial charge in [0.25, 0.3) is 0 Å². The lowest BCUT2D eigenvalue weighted by Gasteiger charge is -2.15. The fourth-order valence-electron chi connectivity index (χ4n) is 2.96. The number of amides is 1. The number of rotatable bonds is 8. The molecule has 0 spiro atoms. The summed E-state index contributed by atoms with van der Waals surface area (Å²) in [6, 6.07) is 16.7. The van der Waals surface area contributed by atoms with Gasteiger partial charge in [0.15, 0.2) is 5.13 Å². The highest BCUT2D eigenvalue weighted by molar-refractivity contribution is 9.10. The minimum absolute atomic E-state index is 0.0928. The van der Waals surface area contributed by atoms with E-state index in [-0.39, 0.29) is 18.5 Å². The Morgan fingerprint density at radius 2 is 1.72 bits per heavy atom. The minimum atomic E-state index is -0.0928. The zero-order chi connectivity index (χ0) is 20.8. The minimum Gasteiger partial charge on any atom is -0.302 e. The van der Waals surface area contributed by atoms with Gasteiger partial charge in [0.1, 0.15) is 0 Å². The number of carbonyl (C=O) groups is 1. The summed E-state index contributed by atoms with van der Waals surface area (Å²) < 4.78 is 1.03. The van der Waals surface area contributed by atoms with Crippen LogP contribution in [0.2, 0.25) is 0 Å². The maximum atomic E-state index is 12.3. The van der Waals surface area contributed by atoms with E-state index in [9.17, 15) is 4.79 Å². The lowest BCUT2D eigenvalue weighted by atomic mass is 9.96. The first-order valence-corrected chi connectivity index (χ1v) is 11.5. The van der Waals surface area contributed by atoms with E-state index in [4.69, 9.17) is 0 Å². The number of nitrogens with zero attached hydrogens (tertiary/aromatic N) is 1. The molecule has 1 aromatic heterocycles. The van der Waals surface area contributed by atoms with Crippen LogP contribution in [0.5, 0.6) is 0 Å². The number of hydrogen-bond donors (Lipinski definition) is 2. The third-order valence-corrected chi connectivity index (χ3v) is 6.36. The second-order valence-corrected chi connectivity index (χ2v) is 8.95. The monoisotopic (exact) mass is 471 g/mol. The molecule has 6 heteroatoms. The topological polar surface area (TPSA) is 54.0 Å². The lowest BCUT2D eigenvalue weighted by Crippen LogP contribution is -2.30. The van der Waals surface area contributed by atoms with Crippen molar-refractivity contribution in [1.82, 2.24) is 10.3 Å². The van der Waals surface area contributed by atoms with Crippen molar-refractivity contribution < 1.29 is 4.79 Å². The Kier molecular flexibility index (Phi) is 7.58. The Hall–Kier alpha value is -2.02. The van der Waals surface area contributed by atoms with Gasteiger partial charge >= 0.3 is 0 Å². The maximum absolute atomic E-state index is 12.3. The molecule has 1 heterocycles. The second-order valence-electron chi connectivity index (χ2n) is 7.17. The first kappa shape index (κ1) is 21.7. The molecule has 0 bridgehead atoms. The van der Waals surface area contributed by atoms with E-state index in [1.807, 2.05) is 29.6 Å². The van der Waals surface area contributed by atoms with Gasteiger partial charge in [-0.1, -0.05) is 66.2 Å². The second kappa shape index (κ2) is 10.1. The molecule has 29 heavy (non-hydrogen) atoms. The van der Waals surface area contributed by atoms with E-state index >= 15 is 0 Å². The Labute approximate surface area is 184 Å². The fourth-order valence-corrected chi connectivity index (χ4v) is 3.96. The molecule has 3 aromatic rings. The van der Waals surface area contributed by atoms with Crippen LogP contribution < -0.4 is 10.6 Å². The molecule has 0 radical (unpaired) electrons. The number of benzene rings is 2. The van der Waals surface area contributed by atoms with Crippen molar-refractivity contribution >= 4 is 38.3 Å². The van der Waals surface area contributed by atoms with Crippen molar-refractivity contribution in [2.45, 2.75) is 39.2 Å². The highest BCUT2D eigenvalue weighted by Crippen LogP contribution is 2.26. The summed E-state index contributed by atoms with van der Waals surface area (Å²) in [4.78, 5) is 16.8. The van der Waals surface area contributed by atoms with E-state index in [2.05, 4.69) is 76.6 Å². The van der Waals surface area contributed by atoms with Crippen LogP contribution in [-0.2, 0) is 4.79 Å². The van der Waals surface area contributed by atoms with Gasteiger partial charge in [-0.3, -0.25) is 4.79 Å². The van der Waals surface area contributed by atoms with E-state index in [1.54, 1.807) is 0 Å². The van der Waals surface area contributed by atoms with Gasteiger partial charge in [-0.15, -0.1) is 11.3 Å². The molecule has 1 amide bonds. The Bertz CT molecular complexity index is 938. The number of halogens is 1. The molecule has 0 aliphatic carbocycles. The lowest BCUT2D eigenvalue weighted by molar-refractivity contribution is -0.115. The number of nitrogens with one attached hydrogen (secondary N) is 2. The largest absolute Gasteiger partial charge is 0.302 e. The summed E-state index contributed by atoms with van der Waals surface area (Å²) in [6.07, 6.45) is 1.13. The van der Waals surface area contributed by atoms with Gasteiger partial charge in [0, 0.05) is 21.5 Å². The predicted molar refractivity (Wildman–Crippen MR) is 125 cm³/mol. The zero-order valence-electron chi connectivity index (χ0n) is 16.9. The van der Waals surface area contributed by atoms with Crippen molar-refractivity contribution in [3.63, 3.8) is 0 Å². The Balaban J connectivity index is 1.51. The molecule has 0 fully saturated rings. The molecule has 3 rings (SSSR count). The molecule has 152 valence electrons. The average Bonchev–Trinajstić information content (AvgIpc) is 3.20. The van der Waals surface area contributed by atoms with Crippen LogP contribution >= 0.6 is 27.3 Å². The summed E-state index contributed by atoms with van der Waals surface area (Å²) in [5, 5.41) is 8.73. The smallest absolute Gasteiger partial charge is 0.240 e. The first-order chi connectivity index (χ1) is 14.0. The van der Waals surface area contributed by atoms with Crippen LogP contribution in [0, 0.1) is 0 Å². The normalized spacial score (nSPS) is 13.1. The van der Waals surface area contributed by atoms with Crippen molar-refractivity contribution in [1.29, 1.82) is 0 Å². The number of carbonyl (C=O) groups excluding carboxylic acids is 1. The number of aromatic nitrogens is 1. The summed E-state index contributed by atoms with van der Waals surface area (Å²) >= 11 is 4.86. The highest BCUT2D eigenvalue weighted by atomic mass is 79.9. The van der Waals surface area contributed by atoms with Crippen LogP contribution in [0.25, 0.3) is 11.3 Å². The fraction of sp³-hybridized carbons (Fsp3) is 0.304. The van der Waals surface area contributed by atoms with Gasteiger partial charge in [-0.05, 0) is 42.5 Å². The Morgan fingerprint density at radius 3 is 2.38 bits per heavy atom. The third kappa shape index (κ3) is 5.98. The van der Waals surface area contributed by atoms with Gasteiger partial charge in [0.2, 0.25) is 5.91 Å². The molecule has 2 N–H and O–H groups in total. The molecule has 2 atom stereocenters. The van der Waals surface area contributed by atoms with Crippen LogP contribution in [0.4, 0.5) is 5.13 Å². The van der Waals surface area contributed by atoms with Crippen molar-refractivity contribution in [2.24, 2.45) is 0 Å². The first-order valence-electron chi connectivity index (χ1n) is 9.80. The molecule has 0 saturated heterocycles. The summed E-state index contributed by atoms with van der Waals surface area (Å²) in [5.74, 6) is 0.475. The molecule has 0 aliphatic rings. The number of anilines is 1. The highest BCUT2D eigenvalue weighted by Gasteiger charge is 2.11. The summed E-state index contributed by atoms with van der Waals surface area (Å²) in [6.45, 7) is 6.75. The molecule has 2 aromatic carbocycles. The van der Waals surface area contributed by atoms with Gasteiger partial charge in [-0.2, -0.15) is 0 Å². The van der Waals surface area contributed by atoms with E-state index in [1.165, 1.54) is 22.5 Å². The van der Waals surface area contributed by atoms with Crippen molar-refractivity contribution in [3.8, 4) is 11.3 Å². The van der Waals surface area contributed by atoms with E-state index in [0.29, 0.717) is 11.0 Å². The number of thiazole rings is 1. The SMILES string of the molecule is CC[C@H](C)c1ccc([C@H](C)NCC(=O)Nc2nc(-c3ccc(Br)cc3)cs2)cc1. The molecule has 0 saturated carbocycles. The van der Waals surface area contributed by atoms with Gasteiger partial charge in [-0.25, -0.2) is 4.98 Å². The zero-order valence-corrected chi connectivity index (χ0v) is 19.3. The van der Waals surface area contributed by atoms with E-state index < -0.39 is 0 Å². The average molecular weight is 472 g/mol. The van der Waals surface area contributed by atoms with E-state index in [0.717, 1.165) is 22.2 Å². The van der Waals surface area contributed by atoms with Crippen LogP contribution in [0.15, 0.2) is 58.4 Å². The summed E-state index contributed by atoms with van der Waals surface area (Å²) in [5.41, 5.74) is 4.42. The van der Waals surface area contributed by atoms with Crippen molar-refractivity contribution in [3.05, 3.63) is 69.5 Å². The summed E-state index contributed by atoms with van der Waals surface area (Å²) in [7, 11) is 0. The molecule has 0 aliphatic heterocycles. The quantitative estimate of drug-likeness (QED) is 0.400. The molecular weight excluding hydrogens is 446 g/mol.